The summed E-state index contributed by atoms with van der Waals surface area (Å²) in [5, 5.41) is 0.937. The standard InChI is InChI=1S/C27H35N5O2/c1-27(2)8-7-22(34-27)16-33-21-6-3-5-19(13-21)23-15-32(26-24(23)25(28)29-17-30-26)20-11-18(12-20)14-31-9-4-10-31/h3,5-6,13,15,17-18,20,22H,4,7-12,14,16H2,1-2H3,(H2,28,29,30). The van der Waals surface area contributed by atoms with E-state index < -0.39 is 0 Å². The molecule has 1 aliphatic carbocycles. The highest BCUT2D eigenvalue weighted by Gasteiger charge is 2.35. The molecular formula is C27H35N5O2. The minimum Gasteiger partial charge on any atom is -0.491 e. The van der Waals surface area contributed by atoms with Crippen molar-refractivity contribution in [2.24, 2.45) is 5.92 Å². The third-order valence-corrected chi connectivity index (χ3v) is 7.84. The summed E-state index contributed by atoms with van der Waals surface area (Å²) in [6.45, 7) is 8.63. The minimum atomic E-state index is -0.0506. The van der Waals surface area contributed by atoms with Crippen LogP contribution in [0, 0.1) is 5.92 Å². The van der Waals surface area contributed by atoms with Crippen LogP contribution in [-0.2, 0) is 4.74 Å². The van der Waals surface area contributed by atoms with Crippen molar-refractivity contribution in [2.45, 2.75) is 63.7 Å². The van der Waals surface area contributed by atoms with Crippen molar-refractivity contribution in [1.29, 1.82) is 0 Å². The minimum absolute atomic E-state index is 0.0506. The van der Waals surface area contributed by atoms with Crippen molar-refractivity contribution in [1.82, 2.24) is 19.4 Å². The van der Waals surface area contributed by atoms with Crippen LogP contribution in [0.3, 0.4) is 0 Å². The van der Waals surface area contributed by atoms with Gasteiger partial charge in [0.15, 0.2) is 0 Å². The number of hydrogen-bond acceptors (Lipinski definition) is 6. The van der Waals surface area contributed by atoms with Gasteiger partial charge in [0, 0.05) is 24.3 Å². The first kappa shape index (κ1) is 21.9. The van der Waals surface area contributed by atoms with Crippen LogP contribution in [0.1, 0.15) is 52.0 Å². The van der Waals surface area contributed by atoms with E-state index in [0.717, 1.165) is 46.7 Å². The fourth-order valence-electron chi connectivity index (χ4n) is 5.75. The highest BCUT2D eigenvalue weighted by molar-refractivity contribution is 6.00. The summed E-state index contributed by atoms with van der Waals surface area (Å²) < 4.78 is 14.6. The number of anilines is 1. The van der Waals surface area contributed by atoms with E-state index in [1.165, 1.54) is 38.9 Å². The monoisotopic (exact) mass is 461 g/mol. The molecule has 1 atom stereocenters. The molecule has 2 N–H and O–H groups in total. The van der Waals surface area contributed by atoms with E-state index in [1.54, 1.807) is 6.33 Å². The van der Waals surface area contributed by atoms with Gasteiger partial charge in [0.05, 0.1) is 17.1 Å². The number of fused-ring (bicyclic) bond motifs is 1. The van der Waals surface area contributed by atoms with Gasteiger partial charge in [0.2, 0.25) is 0 Å². The summed E-state index contributed by atoms with van der Waals surface area (Å²) in [6.07, 6.45) is 9.81. The summed E-state index contributed by atoms with van der Waals surface area (Å²) in [5.41, 5.74) is 9.40. The van der Waals surface area contributed by atoms with E-state index in [1.807, 2.05) is 12.1 Å². The molecule has 2 aliphatic heterocycles. The molecular weight excluding hydrogens is 426 g/mol. The third kappa shape index (κ3) is 4.16. The zero-order valence-electron chi connectivity index (χ0n) is 20.2. The molecule has 2 saturated heterocycles. The fourth-order valence-corrected chi connectivity index (χ4v) is 5.75. The normalized spacial score (nSPS) is 26.4. The molecule has 0 amide bonds. The maximum atomic E-state index is 6.37. The molecule has 4 heterocycles. The highest BCUT2D eigenvalue weighted by Crippen LogP contribution is 2.43. The van der Waals surface area contributed by atoms with Crippen LogP contribution < -0.4 is 10.5 Å². The first-order valence-electron chi connectivity index (χ1n) is 12.7. The molecule has 2 aromatic heterocycles. The molecule has 0 bridgehead atoms. The van der Waals surface area contributed by atoms with Gasteiger partial charge in [-0.3, -0.25) is 0 Å². The molecule has 3 fully saturated rings. The second-order valence-corrected chi connectivity index (χ2v) is 10.9. The number of hydrogen-bond donors (Lipinski definition) is 1. The van der Waals surface area contributed by atoms with Gasteiger partial charge < -0.3 is 24.7 Å². The molecule has 0 radical (unpaired) electrons. The molecule has 7 nitrogen and oxygen atoms in total. The summed E-state index contributed by atoms with van der Waals surface area (Å²) in [7, 11) is 0. The fraction of sp³-hybridized carbons (Fsp3) is 0.556. The Morgan fingerprint density at radius 1 is 1.21 bits per heavy atom. The Labute approximate surface area is 201 Å². The second-order valence-electron chi connectivity index (χ2n) is 10.9. The van der Waals surface area contributed by atoms with Crippen molar-refractivity contribution < 1.29 is 9.47 Å². The van der Waals surface area contributed by atoms with Crippen molar-refractivity contribution in [2.75, 3.05) is 32.0 Å². The zero-order chi connectivity index (χ0) is 23.3. The van der Waals surface area contributed by atoms with Gasteiger partial charge >= 0.3 is 0 Å². The van der Waals surface area contributed by atoms with E-state index in [9.17, 15) is 0 Å². The van der Waals surface area contributed by atoms with Crippen LogP contribution in [0.15, 0.2) is 36.8 Å². The predicted molar refractivity (Wildman–Crippen MR) is 134 cm³/mol. The number of benzene rings is 1. The number of nitrogens with two attached hydrogens (primary N) is 1. The Morgan fingerprint density at radius 2 is 2.06 bits per heavy atom. The van der Waals surface area contributed by atoms with Crippen LogP contribution >= 0.6 is 0 Å². The molecule has 6 rings (SSSR count). The van der Waals surface area contributed by atoms with Crippen molar-refractivity contribution >= 4 is 16.9 Å². The van der Waals surface area contributed by atoms with Crippen molar-refractivity contribution in [3.05, 3.63) is 36.8 Å². The lowest BCUT2D eigenvalue weighted by Gasteiger charge is -2.42. The lowest BCUT2D eigenvalue weighted by atomic mass is 9.79. The summed E-state index contributed by atoms with van der Waals surface area (Å²) in [4.78, 5) is 11.5. The zero-order valence-corrected chi connectivity index (χ0v) is 20.2. The lowest BCUT2D eigenvalue weighted by molar-refractivity contribution is -0.0326. The number of rotatable bonds is 7. The third-order valence-electron chi connectivity index (χ3n) is 7.84. The largest absolute Gasteiger partial charge is 0.491 e. The SMILES string of the molecule is CC1(C)CCC(COc2cccc(-c3cn(C4CC(CN5CCC5)C4)c4ncnc(N)c34)c2)O1. The van der Waals surface area contributed by atoms with Crippen LogP contribution in [-0.4, -0.2) is 57.4 Å². The highest BCUT2D eigenvalue weighted by atomic mass is 16.6. The van der Waals surface area contributed by atoms with Gasteiger partial charge in [-0.2, -0.15) is 0 Å². The van der Waals surface area contributed by atoms with Gasteiger partial charge in [-0.15, -0.1) is 0 Å². The summed E-state index contributed by atoms with van der Waals surface area (Å²) >= 11 is 0. The quantitative estimate of drug-likeness (QED) is 0.551. The maximum Gasteiger partial charge on any atom is 0.146 e. The molecule has 3 aromatic rings. The molecule has 1 unspecified atom stereocenters. The lowest BCUT2D eigenvalue weighted by Crippen LogP contribution is -2.43. The average Bonchev–Trinajstić information content (AvgIpc) is 3.31. The van der Waals surface area contributed by atoms with Gasteiger partial charge in [-0.25, -0.2) is 9.97 Å². The predicted octanol–water partition coefficient (Wildman–Crippen LogP) is 4.67. The Bertz CT molecular complexity index is 1180. The van der Waals surface area contributed by atoms with Crippen LogP contribution in [0.2, 0.25) is 0 Å². The first-order chi connectivity index (χ1) is 16.4. The Balaban J connectivity index is 1.23. The van der Waals surface area contributed by atoms with Crippen LogP contribution in [0.25, 0.3) is 22.2 Å². The van der Waals surface area contributed by atoms with Gasteiger partial charge in [-0.05, 0) is 82.7 Å². The number of nitrogen functional groups attached to an aromatic ring is 1. The van der Waals surface area contributed by atoms with Gasteiger partial charge in [0.1, 0.15) is 30.1 Å². The molecule has 34 heavy (non-hydrogen) atoms. The Hall–Kier alpha value is -2.64. The number of likely N-dealkylation sites (tertiary alicyclic amines) is 1. The molecule has 7 heteroatoms. The summed E-state index contributed by atoms with van der Waals surface area (Å²) in [6, 6.07) is 8.73. The molecule has 1 saturated carbocycles. The number of nitrogens with zero attached hydrogens (tertiary/aromatic N) is 4. The van der Waals surface area contributed by atoms with E-state index in [2.05, 4.69) is 51.6 Å². The first-order valence-corrected chi connectivity index (χ1v) is 12.7. The van der Waals surface area contributed by atoms with Gasteiger partial charge in [-0.1, -0.05) is 12.1 Å². The maximum absolute atomic E-state index is 6.37. The average molecular weight is 462 g/mol. The van der Waals surface area contributed by atoms with E-state index in [-0.39, 0.29) is 11.7 Å². The molecule has 3 aliphatic rings. The number of aromatic nitrogens is 3. The topological polar surface area (TPSA) is 78.4 Å². The van der Waals surface area contributed by atoms with E-state index >= 15 is 0 Å². The second kappa shape index (κ2) is 8.54. The molecule has 0 spiro atoms. The van der Waals surface area contributed by atoms with Crippen molar-refractivity contribution in [3.8, 4) is 16.9 Å². The van der Waals surface area contributed by atoms with Crippen LogP contribution in [0.4, 0.5) is 5.82 Å². The Morgan fingerprint density at radius 3 is 2.79 bits per heavy atom. The van der Waals surface area contributed by atoms with Gasteiger partial charge in [0.25, 0.3) is 0 Å². The summed E-state index contributed by atoms with van der Waals surface area (Å²) in [5.74, 6) is 2.16. The molecule has 180 valence electrons. The van der Waals surface area contributed by atoms with Crippen molar-refractivity contribution in [3.63, 3.8) is 0 Å². The van der Waals surface area contributed by atoms with E-state index in [4.69, 9.17) is 15.2 Å². The Kier molecular flexibility index (Phi) is 5.49. The number of ether oxygens (including phenoxy) is 2. The van der Waals surface area contributed by atoms with E-state index in [0.29, 0.717) is 18.5 Å². The molecule has 1 aromatic carbocycles. The van der Waals surface area contributed by atoms with Crippen LogP contribution in [0.5, 0.6) is 5.75 Å². The smallest absolute Gasteiger partial charge is 0.146 e.